The van der Waals surface area contributed by atoms with Gasteiger partial charge in [-0.25, -0.2) is 9.07 Å². The van der Waals surface area contributed by atoms with Crippen molar-refractivity contribution in [3.63, 3.8) is 0 Å². The third kappa shape index (κ3) is 2.77. The highest BCUT2D eigenvalue weighted by molar-refractivity contribution is 5.47. The normalized spacial score (nSPS) is 12.3. The Bertz CT molecular complexity index is 731. The van der Waals surface area contributed by atoms with Crippen molar-refractivity contribution < 1.29 is 9.50 Å². The Morgan fingerprint density at radius 3 is 2.71 bits per heavy atom. The van der Waals surface area contributed by atoms with Crippen LogP contribution in [0.4, 0.5) is 4.39 Å². The van der Waals surface area contributed by atoms with Crippen molar-refractivity contribution in [3.8, 4) is 11.5 Å². The fraction of sp³-hybridized carbons (Fsp3) is 0.143. The van der Waals surface area contributed by atoms with Crippen LogP contribution >= 0.6 is 0 Å². The van der Waals surface area contributed by atoms with Gasteiger partial charge in [0.2, 0.25) is 5.82 Å². The second kappa shape index (κ2) is 5.76. The fourth-order valence-electron chi connectivity index (χ4n) is 2.01. The van der Waals surface area contributed by atoms with Crippen molar-refractivity contribution in [2.45, 2.75) is 12.6 Å². The van der Waals surface area contributed by atoms with Gasteiger partial charge in [0, 0.05) is 11.8 Å². The number of tetrazole rings is 1. The second-order valence-electron chi connectivity index (χ2n) is 4.44. The van der Waals surface area contributed by atoms with Crippen molar-refractivity contribution in [1.82, 2.24) is 25.2 Å². The zero-order valence-corrected chi connectivity index (χ0v) is 11.0. The van der Waals surface area contributed by atoms with E-state index in [1.165, 1.54) is 16.8 Å². The van der Waals surface area contributed by atoms with Gasteiger partial charge in [0.25, 0.3) is 0 Å². The van der Waals surface area contributed by atoms with Crippen LogP contribution in [0, 0.1) is 5.82 Å². The molecule has 0 bridgehead atoms. The lowest BCUT2D eigenvalue weighted by Crippen LogP contribution is -2.13. The minimum Gasteiger partial charge on any atom is -0.386 e. The van der Waals surface area contributed by atoms with E-state index in [0.29, 0.717) is 11.5 Å². The molecule has 2 heterocycles. The number of nitrogens with zero attached hydrogens (tertiary/aromatic N) is 5. The Hall–Kier alpha value is -2.67. The maximum atomic E-state index is 13.7. The lowest BCUT2D eigenvalue weighted by molar-refractivity contribution is 0.147. The molecule has 2 aromatic heterocycles. The summed E-state index contributed by atoms with van der Waals surface area (Å²) in [5, 5.41) is 21.5. The maximum absolute atomic E-state index is 13.7. The molecule has 1 unspecified atom stereocenters. The number of benzene rings is 1. The van der Waals surface area contributed by atoms with E-state index in [9.17, 15) is 9.50 Å². The van der Waals surface area contributed by atoms with Gasteiger partial charge in [-0.05, 0) is 28.6 Å². The SMILES string of the molecule is OC(Cn1nnnc1-c1ccccn1)c1ccccc1F. The van der Waals surface area contributed by atoms with E-state index in [0.717, 1.165) is 0 Å². The highest BCUT2D eigenvalue weighted by Gasteiger charge is 2.17. The Morgan fingerprint density at radius 2 is 1.95 bits per heavy atom. The number of hydrogen-bond acceptors (Lipinski definition) is 5. The van der Waals surface area contributed by atoms with Gasteiger partial charge in [0.05, 0.1) is 6.54 Å². The van der Waals surface area contributed by atoms with Gasteiger partial charge >= 0.3 is 0 Å². The van der Waals surface area contributed by atoms with Crippen LogP contribution in [-0.2, 0) is 6.54 Å². The molecule has 0 aliphatic carbocycles. The van der Waals surface area contributed by atoms with E-state index in [-0.39, 0.29) is 12.1 Å². The monoisotopic (exact) mass is 285 g/mol. The molecule has 3 rings (SSSR count). The molecular formula is C14H12FN5O. The Kier molecular flexibility index (Phi) is 3.65. The largest absolute Gasteiger partial charge is 0.386 e. The number of aromatic nitrogens is 5. The molecular weight excluding hydrogens is 273 g/mol. The van der Waals surface area contributed by atoms with Gasteiger partial charge in [-0.1, -0.05) is 24.3 Å². The molecule has 0 spiro atoms. The molecule has 0 aliphatic rings. The molecule has 0 radical (unpaired) electrons. The predicted molar refractivity (Wildman–Crippen MR) is 72.4 cm³/mol. The van der Waals surface area contributed by atoms with Gasteiger partial charge < -0.3 is 5.11 Å². The molecule has 7 heteroatoms. The molecule has 106 valence electrons. The standard InChI is InChI=1S/C14H12FN5O/c15-11-6-2-1-5-10(11)13(21)9-20-14(17-18-19-20)12-7-3-4-8-16-12/h1-8,13,21H,9H2. The lowest BCUT2D eigenvalue weighted by Gasteiger charge is -2.12. The Morgan fingerprint density at radius 1 is 1.14 bits per heavy atom. The maximum Gasteiger partial charge on any atom is 0.200 e. The number of aliphatic hydroxyl groups is 1. The minimum absolute atomic E-state index is 0.0415. The number of rotatable bonds is 4. The van der Waals surface area contributed by atoms with Crippen LogP contribution in [0.1, 0.15) is 11.7 Å². The number of hydrogen-bond donors (Lipinski definition) is 1. The third-order valence-corrected chi connectivity index (χ3v) is 3.04. The number of halogens is 1. The van der Waals surface area contributed by atoms with Gasteiger partial charge in [0.15, 0.2) is 0 Å². The first-order valence-corrected chi connectivity index (χ1v) is 6.36. The second-order valence-corrected chi connectivity index (χ2v) is 4.44. The molecule has 3 aromatic rings. The lowest BCUT2D eigenvalue weighted by atomic mass is 10.1. The predicted octanol–water partition coefficient (Wildman–Crippen LogP) is 1.61. The van der Waals surface area contributed by atoms with Crippen LogP contribution in [0.25, 0.3) is 11.5 Å². The summed E-state index contributed by atoms with van der Waals surface area (Å²) in [6.07, 6.45) is 0.582. The summed E-state index contributed by atoms with van der Waals surface area (Å²) in [5.41, 5.74) is 0.795. The third-order valence-electron chi connectivity index (χ3n) is 3.04. The van der Waals surface area contributed by atoms with Gasteiger partial charge in [-0.15, -0.1) is 5.10 Å². The highest BCUT2D eigenvalue weighted by Crippen LogP contribution is 2.20. The van der Waals surface area contributed by atoms with Gasteiger partial charge in [0.1, 0.15) is 17.6 Å². The Labute approximate surface area is 119 Å². The summed E-state index contributed by atoms with van der Waals surface area (Å²) in [6.45, 7) is 0.0415. The molecule has 0 fully saturated rings. The average molecular weight is 285 g/mol. The average Bonchev–Trinajstić information content (AvgIpc) is 2.96. The summed E-state index contributed by atoms with van der Waals surface area (Å²) in [7, 11) is 0. The smallest absolute Gasteiger partial charge is 0.200 e. The van der Waals surface area contributed by atoms with Gasteiger partial charge in [-0.2, -0.15) is 0 Å². The van der Waals surface area contributed by atoms with Crippen molar-refractivity contribution in [2.24, 2.45) is 0 Å². The quantitative estimate of drug-likeness (QED) is 0.788. The summed E-state index contributed by atoms with van der Waals surface area (Å²) in [6, 6.07) is 11.4. The fourth-order valence-corrected chi connectivity index (χ4v) is 2.01. The van der Waals surface area contributed by atoms with Crippen molar-refractivity contribution in [2.75, 3.05) is 0 Å². The van der Waals surface area contributed by atoms with Crippen LogP contribution in [0.5, 0.6) is 0 Å². The molecule has 0 amide bonds. The molecule has 0 aliphatic heterocycles. The van der Waals surface area contributed by atoms with Crippen molar-refractivity contribution >= 4 is 0 Å². The molecule has 21 heavy (non-hydrogen) atoms. The zero-order chi connectivity index (χ0) is 14.7. The van der Waals surface area contributed by atoms with Crippen molar-refractivity contribution in [1.29, 1.82) is 0 Å². The molecule has 6 nitrogen and oxygen atoms in total. The number of pyridine rings is 1. The highest BCUT2D eigenvalue weighted by atomic mass is 19.1. The zero-order valence-electron chi connectivity index (χ0n) is 11.0. The minimum atomic E-state index is -1.04. The molecule has 0 saturated carbocycles. The van der Waals surface area contributed by atoms with E-state index in [4.69, 9.17) is 0 Å². The van der Waals surface area contributed by atoms with Crippen LogP contribution in [0.2, 0.25) is 0 Å². The summed E-state index contributed by atoms with van der Waals surface area (Å²) >= 11 is 0. The molecule has 1 aromatic carbocycles. The van der Waals surface area contributed by atoms with E-state index in [1.54, 1.807) is 30.5 Å². The van der Waals surface area contributed by atoms with Crippen LogP contribution in [0.3, 0.4) is 0 Å². The van der Waals surface area contributed by atoms with Crippen LogP contribution in [-0.4, -0.2) is 30.3 Å². The molecule has 1 atom stereocenters. The molecule has 0 saturated heterocycles. The first-order valence-electron chi connectivity index (χ1n) is 6.36. The van der Waals surface area contributed by atoms with E-state index in [2.05, 4.69) is 20.5 Å². The molecule has 1 N–H and O–H groups in total. The first-order chi connectivity index (χ1) is 10.3. The summed E-state index contributed by atoms with van der Waals surface area (Å²) in [5.74, 6) is -0.0385. The van der Waals surface area contributed by atoms with E-state index >= 15 is 0 Å². The van der Waals surface area contributed by atoms with Crippen LogP contribution < -0.4 is 0 Å². The van der Waals surface area contributed by atoms with E-state index in [1.807, 2.05) is 6.07 Å². The van der Waals surface area contributed by atoms with E-state index < -0.39 is 11.9 Å². The van der Waals surface area contributed by atoms with Crippen molar-refractivity contribution in [3.05, 3.63) is 60.0 Å². The van der Waals surface area contributed by atoms with Crippen LogP contribution in [0.15, 0.2) is 48.7 Å². The Balaban J connectivity index is 1.87. The topological polar surface area (TPSA) is 76.7 Å². The van der Waals surface area contributed by atoms with Gasteiger partial charge in [-0.3, -0.25) is 4.98 Å². The first kappa shape index (κ1) is 13.3. The summed E-state index contributed by atoms with van der Waals surface area (Å²) in [4.78, 5) is 4.16. The number of aliphatic hydroxyl groups excluding tert-OH is 1. The summed E-state index contributed by atoms with van der Waals surface area (Å²) < 4.78 is 15.1.